The number of aromatic amines is 1. The highest BCUT2D eigenvalue weighted by atomic mass is 16.1. The van der Waals surface area contributed by atoms with Gasteiger partial charge in [-0.25, -0.2) is 4.79 Å². The first-order valence-corrected chi connectivity index (χ1v) is 3.23. The van der Waals surface area contributed by atoms with Crippen LogP contribution in [0.5, 0.6) is 0 Å². The lowest BCUT2D eigenvalue weighted by molar-refractivity contribution is 1.09. The van der Waals surface area contributed by atoms with Crippen LogP contribution in [0.4, 0.5) is 11.6 Å². The zero-order chi connectivity index (χ0) is 9.30. The zero-order valence-corrected chi connectivity index (χ0v) is 6.51. The van der Waals surface area contributed by atoms with E-state index >= 15 is 0 Å². The van der Waals surface area contributed by atoms with Gasteiger partial charge >= 0.3 is 5.69 Å². The van der Waals surface area contributed by atoms with Crippen LogP contribution in [0.1, 0.15) is 12.5 Å². The van der Waals surface area contributed by atoms with Gasteiger partial charge in [-0.2, -0.15) is 4.98 Å². The monoisotopic (exact) mass is 167 g/mol. The van der Waals surface area contributed by atoms with Crippen molar-refractivity contribution in [2.24, 2.45) is 0 Å². The molecule has 0 fully saturated rings. The van der Waals surface area contributed by atoms with Crippen LogP contribution in [-0.4, -0.2) is 15.7 Å². The van der Waals surface area contributed by atoms with Crippen molar-refractivity contribution in [1.82, 2.24) is 9.97 Å². The maximum Gasteiger partial charge on any atom is 0.348 e. The van der Waals surface area contributed by atoms with Gasteiger partial charge in [0, 0.05) is 5.71 Å². The van der Waals surface area contributed by atoms with Gasteiger partial charge in [0.25, 0.3) is 0 Å². The molecule has 6 heteroatoms. The van der Waals surface area contributed by atoms with Crippen molar-refractivity contribution in [2.45, 2.75) is 6.92 Å². The van der Waals surface area contributed by atoms with Gasteiger partial charge < -0.3 is 16.9 Å². The molecule has 0 bridgehead atoms. The fourth-order valence-electron chi connectivity index (χ4n) is 0.903. The first kappa shape index (κ1) is 8.25. The molecule has 1 rings (SSSR count). The Labute approximate surface area is 68.1 Å². The minimum absolute atomic E-state index is 0.0104. The highest BCUT2D eigenvalue weighted by molar-refractivity contribution is 6.03. The Morgan fingerprint density at radius 1 is 1.58 bits per heavy atom. The second kappa shape index (κ2) is 2.65. The van der Waals surface area contributed by atoms with E-state index in [0.717, 1.165) is 0 Å². The lowest BCUT2D eigenvalue weighted by atomic mass is 10.2. The van der Waals surface area contributed by atoms with Gasteiger partial charge in [-0.1, -0.05) is 0 Å². The van der Waals surface area contributed by atoms with Crippen LogP contribution in [0.25, 0.3) is 0 Å². The topological polar surface area (TPSA) is 122 Å². The summed E-state index contributed by atoms with van der Waals surface area (Å²) < 4.78 is 0. The number of nitrogens with one attached hydrogen (secondary N) is 2. The molecule has 0 spiro atoms. The number of nitrogens with zero attached hydrogens (tertiary/aromatic N) is 1. The standard InChI is InChI=1S/C6H9N5O/c1-2(7)3-4(8)10-6(12)11-5(3)9/h7H,1H3,(H5,8,9,10,11,12). The second-order valence-corrected chi connectivity index (χ2v) is 2.34. The number of nitrogen functional groups attached to an aromatic ring is 2. The first-order chi connectivity index (χ1) is 5.52. The molecule has 0 radical (unpaired) electrons. The van der Waals surface area contributed by atoms with Crippen molar-refractivity contribution in [3.63, 3.8) is 0 Å². The summed E-state index contributed by atoms with van der Waals surface area (Å²) in [5.74, 6) is 0.0729. The Morgan fingerprint density at radius 3 is 2.58 bits per heavy atom. The summed E-state index contributed by atoms with van der Waals surface area (Å²) in [5, 5.41) is 7.27. The quantitative estimate of drug-likeness (QED) is 0.414. The normalized spacial score (nSPS) is 9.75. The van der Waals surface area contributed by atoms with Gasteiger partial charge in [0.2, 0.25) is 0 Å². The fourth-order valence-corrected chi connectivity index (χ4v) is 0.903. The summed E-state index contributed by atoms with van der Waals surface area (Å²) in [6.07, 6.45) is 0. The molecule has 1 aromatic rings. The molecule has 6 N–H and O–H groups in total. The Bertz CT molecular complexity index is 354. The number of hydrogen-bond donors (Lipinski definition) is 4. The van der Waals surface area contributed by atoms with E-state index in [-0.39, 0.29) is 22.9 Å². The molecule has 0 aliphatic carbocycles. The average Bonchev–Trinajstić information content (AvgIpc) is 1.82. The molecule has 0 aromatic carbocycles. The third-order valence-electron chi connectivity index (χ3n) is 1.36. The van der Waals surface area contributed by atoms with Gasteiger partial charge in [0.15, 0.2) is 0 Å². The third-order valence-corrected chi connectivity index (χ3v) is 1.36. The third kappa shape index (κ3) is 1.26. The van der Waals surface area contributed by atoms with E-state index < -0.39 is 5.69 Å². The zero-order valence-electron chi connectivity index (χ0n) is 6.51. The van der Waals surface area contributed by atoms with Crippen LogP contribution < -0.4 is 17.2 Å². The molecular formula is C6H9N5O. The molecule has 0 amide bonds. The molecule has 0 saturated carbocycles. The van der Waals surface area contributed by atoms with Gasteiger partial charge in [-0.05, 0) is 6.92 Å². The van der Waals surface area contributed by atoms with Crippen LogP contribution in [-0.2, 0) is 0 Å². The molecule has 0 aliphatic rings. The Hall–Kier alpha value is -1.85. The van der Waals surface area contributed by atoms with Gasteiger partial charge in [-0.15, -0.1) is 0 Å². The molecule has 0 unspecified atom stereocenters. The molecule has 12 heavy (non-hydrogen) atoms. The number of nitrogens with two attached hydrogens (primary N) is 2. The van der Waals surface area contributed by atoms with Crippen molar-refractivity contribution in [3.8, 4) is 0 Å². The SMILES string of the molecule is CC(=N)c1c(N)nc(=O)[nH]c1N. The second-order valence-electron chi connectivity index (χ2n) is 2.34. The summed E-state index contributed by atoms with van der Waals surface area (Å²) in [4.78, 5) is 16.3. The molecule has 0 saturated heterocycles. The highest BCUT2D eigenvalue weighted by Gasteiger charge is 2.08. The average molecular weight is 167 g/mol. The van der Waals surface area contributed by atoms with Crippen LogP contribution in [0.3, 0.4) is 0 Å². The van der Waals surface area contributed by atoms with E-state index in [9.17, 15) is 4.79 Å². The summed E-state index contributed by atoms with van der Waals surface area (Å²) in [6, 6.07) is 0. The number of H-pyrrole nitrogens is 1. The number of rotatable bonds is 1. The molecular weight excluding hydrogens is 158 g/mol. The van der Waals surface area contributed by atoms with Gasteiger partial charge in [0.05, 0.1) is 5.56 Å². The van der Waals surface area contributed by atoms with E-state index in [0.29, 0.717) is 0 Å². The number of anilines is 2. The Balaban J connectivity index is 3.48. The van der Waals surface area contributed by atoms with Crippen LogP contribution in [0.15, 0.2) is 4.79 Å². The van der Waals surface area contributed by atoms with Crippen LogP contribution >= 0.6 is 0 Å². The summed E-state index contributed by atoms with van der Waals surface area (Å²) in [5.41, 5.74) is 10.6. The van der Waals surface area contributed by atoms with Crippen LogP contribution in [0, 0.1) is 5.41 Å². The highest BCUT2D eigenvalue weighted by Crippen LogP contribution is 2.11. The van der Waals surface area contributed by atoms with E-state index in [1.165, 1.54) is 6.92 Å². The smallest absolute Gasteiger partial charge is 0.348 e. The summed E-state index contributed by atoms with van der Waals surface area (Å²) >= 11 is 0. The maximum absolute atomic E-state index is 10.7. The van der Waals surface area contributed by atoms with Crippen molar-refractivity contribution >= 4 is 17.3 Å². The van der Waals surface area contributed by atoms with E-state index in [1.54, 1.807) is 0 Å². The molecule has 6 nitrogen and oxygen atoms in total. The van der Waals surface area contributed by atoms with E-state index in [4.69, 9.17) is 16.9 Å². The lowest BCUT2D eigenvalue weighted by Gasteiger charge is -2.04. The van der Waals surface area contributed by atoms with Crippen molar-refractivity contribution in [3.05, 3.63) is 16.0 Å². The van der Waals surface area contributed by atoms with E-state index in [1.807, 2.05) is 0 Å². The summed E-state index contributed by atoms with van der Waals surface area (Å²) in [6.45, 7) is 1.52. The molecule has 0 atom stereocenters. The van der Waals surface area contributed by atoms with Crippen molar-refractivity contribution in [1.29, 1.82) is 5.41 Å². The lowest BCUT2D eigenvalue weighted by Crippen LogP contribution is -2.19. The predicted molar refractivity (Wildman–Crippen MR) is 46.2 cm³/mol. The molecule has 64 valence electrons. The van der Waals surface area contributed by atoms with Gasteiger partial charge in [0.1, 0.15) is 11.6 Å². The van der Waals surface area contributed by atoms with Crippen LogP contribution in [0.2, 0.25) is 0 Å². The fraction of sp³-hybridized carbons (Fsp3) is 0.167. The summed E-state index contributed by atoms with van der Waals surface area (Å²) in [7, 11) is 0. The Morgan fingerprint density at radius 2 is 2.17 bits per heavy atom. The number of hydrogen-bond acceptors (Lipinski definition) is 5. The molecule has 1 aromatic heterocycles. The Kier molecular flexibility index (Phi) is 1.82. The van der Waals surface area contributed by atoms with Gasteiger partial charge in [-0.3, -0.25) is 4.98 Å². The minimum Gasteiger partial charge on any atom is -0.384 e. The first-order valence-electron chi connectivity index (χ1n) is 3.23. The largest absolute Gasteiger partial charge is 0.384 e. The van der Waals surface area contributed by atoms with E-state index in [2.05, 4.69) is 9.97 Å². The predicted octanol–water partition coefficient (Wildman–Crippen LogP) is -0.678. The maximum atomic E-state index is 10.7. The molecule has 1 heterocycles. The molecule has 0 aliphatic heterocycles. The number of aromatic nitrogens is 2. The minimum atomic E-state index is -0.602. The van der Waals surface area contributed by atoms with Crippen molar-refractivity contribution < 1.29 is 0 Å². The van der Waals surface area contributed by atoms with Crippen molar-refractivity contribution in [2.75, 3.05) is 11.5 Å².